The predicted octanol–water partition coefficient (Wildman–Crippen LogP) is 9.77. The lowest BCUT2D eigenvalue weighted by Gasteiger charge is -2.32. The Balaban J connectivity index is 1.86. The van der Waals surface area contributed by atoms with Gasteiger partial charge < -0.3 is 10.2 Å². The molecular formula is C47H64O2P2. The predicted molar refractivity (Wildman–Crippen MR) is 228 cm³/mol. The van der Waals surface area contributed by atoms with E-state index in [-0.39, 0.29) is 0 Å². The van der Waals surface area contributed by atoms with E-state index in [1.807, 2.05) is 0 Å². The maximum Gasteiger partial charge on any atom is 0.106 e. The highest BCUT2D eigenvalue weighted by Gasteiger charge is 2.33. The Morgan fingerprint density at radius 1 is 0.451 bits per heavy atom. The third kappa shape index (κ3) is 9.50. The fourth-order valence-electron chi connectivity index (χ4n) is 7.67. The fourth-order valence-corrected chi connectivity index (χ4v) is 12.8. The smallest absolute Gasteiger partial charge is 0.106 e. The SMILES string of the molecule is CCc1ccc(P(CC(O)C(O)C(=C(C)C)P(c2ccc(CC)c(CC)c2)c2ccc(CC)c(CC)c2)c2ccc(CC)c(CC)c2)cc1CC. The fraction of sp³-hybridized carbons (Fsp3) is 0.447. The van der Waals surface area contributed by atoms with Crippen LogP contribution in [0, 0.1) is 0 Å². The Bertz CT molecular complexity index is 1670. The van der Waals surface area contributed by atoms with Crippen molar-refractivity contribution in [3.05, 3.63) is 128 Å². The molecule has 0 heterocycles. The summed E-state index contributed by atoms with van der Waals surface area (Å²) in [5.41, 5.74) is 12.2. The van der Waals surface area contributed by atoms with Gasteiger partial charge in [-0.3, -0.25) is 0 Å². The van der Waals surface area contributed by atoms with Crippen LogP contribution in [-0.4, -0.2) is 28.6 Å². The Hall–Kier alpha value is -2.60. The normalized spacial score (nSPS) is 12.8. The topological polar surface area (TPSA) is 40.5 Å². The third-order valence-corrected chi connectivity index (χ3v) is 16.0. The van der Waals surface area contributed by atoms with Gasteiger partial charge in [0, 0.05) is 6.16 Å². The number of allylic oxidation sites excluding steroid dienone is 1. The maximum atomic E-state index is 12.5. The molecule has 2 N–H and O–H groups in total. The zero-order chi connectivity index (χ0) is 37.2. The molecule has 2 atom stereocenters. The summed E-state index contributed by atoms with van der Waals surface area (Å²) in [6.07, 6.45) is 6.56. The quantitative estimate of drug-likeness (QED) is 0.107. The van der Waals surface area contributed by atoms with Crippen LogP contribution in [0.5, 0.6) is 0 Å². The molecule has 4 aromatic rings. The number of hydrogen-bond donors (Lipinski definition) is 2. The Labute approximate surface area is 313 Å². The highest BCUT2D eigenvalue weighted by Crippen LogP contribution is 2.49. The van der Waals surface area contributed by atoms with Crippen molar-refractivity contribution in [3.8, 4) is 0 Å². The van der Waals surface area contributed by atoms with Crippen molar-refractivity contribution in [2.24, 2.45) is 0 Å². The van der Waals surface area contributed by atoms with Gasteiger partial charge in [0.15, 0.2) is 0 Å². The highest BCUT2D eigenvalue weighted by molar-refractivity contribution is 7.77. The molecule has 51 heavy (non-hydrogen) atoms. The van der Waals surface area contributed by atoms with E-state index in [0.29, 0.717) is 6.16 Å². The van der Waals surface area contributed by atoms with Gasteiger partial charge in [0.1, 0.15) is 6.10 Å². The van der Waals surface area contributed by atoms with E-state index < -0.39 is 28.1 Å². The molecule has 274 valence electrons. The number of aliphatic hydroxyl groups excluding tert-OH is 2. The van der Waals surface area contributed by atoms with Crippen LogP contribution >= 0.6 is 15.8 Å². The summed E-state index contributed by atoms with van der Waals surface area (Å²) in [6, 6.07) is 27.9. The molecule has 0 saturated carbocycles. The lowest BCUT2D eigenvalue weighted by atomic mass is 10.0. The van der Waals surface area contributed by atoms with Crippen molar-refractivity contribution in [1.29, 1.82) is 0 Å². The number of rotatable bonds is 17. The molecule has 0 amide bonds. The highest BCUT2D eigenvalue weighted by atomic mass is 31.1. The number of aryl methyl sites for hydroxylation is 8. The summed E-state index contributed by atoms with van der Waals surface area (Å²) in [7, 11) is -2.02. The lowest BCUT2D eigenvalue weighted by molar-refractivity contribution is 0.0615. The van der Waals surface area contributed by atoms with E-state index in [0.717, 1.165) is 62.3 Å². The van der Waals surface area contributed by atoms with E-state index in [1.54, 1.807) is 0 Å². The van der Waals surface area contributed by atoms with Crippen molar-refractivity contribution in [2.45, 2.75) is 133 Å². The van der Waals surface area contributed by atoms with Gasteiger partial charge >= 0.3 is 0 Å². The first-order valence-corrected chi connectivity index (χ1v) is 22.5. The first-order valence-electron chi connectivity index (χ1n) is 19.7. The van der Waals surface area contributed by atoms with Crippen molar-refractivity contribution < 1.29 is 10.2 Å². The summed E-state index contributed by atoms with van der Waals surface area (Å²) < 4.78 is 0. The minimum atomic E-state index is -1.09. The van der Waals surface area contributed by atoms with Crippen LogP contribution in [0.2, 0.25) is 0 Å². The molecule has 4 rings (SSSR count). The number of hydrogen-bond acceptors (Lipinski definition) is 2. The van der Waals surface area contributed by atoms with E-state index in [1.165, 1.54) is 65.7 Å². The van der Waals surface area contributed by atoms with E-state index in [2.05, 4.69) is 142 Å². The van der Waals surface area contributed by atoms with Crippen LogP contribution in [0.3, 0.4) is 0 Å². The molecule has 0 aliphatic carbocycles. The average molecular weight is 723 g/mol. The van der Waals surface area contributed by atoms with Gasteiger partial charge in [-0.05, 0) is 152 Å². The lowest BCUT2D eigenvalue weighted by Crippen LogP contribution is -2.35. The minimum Gasteiger partial charge on any atom is -0.390 e. The van der Waals surface area contributed by atoms with E-state index in [9.17, 15) is 10.2 Å². The average Bonchev–Trinajstić information content (AvgIpc) is 3.17. The summed E-state index contributed by atoms with van der Waals surface area (Å²) in [5, 5.41) is 30.9. The third-order valence-electron chi connectivity index (χ3n) is 10.7. The molecule has 0 aromatic heterocycles. The number of benzene rings is 4. The van der Waals surface area contributed by atoms with Crippen molar-refractivity contribution >= 4 is 37.1 Å². The Morgan fingerprint density at radius 3 is 1.04 bits per heavy atom. The van der Waals surface area contributed by atoms with Crippen LogP contribution in [0.15, 0.2) is 83.7 Å². The van der Waals surface area contributed by atoms with Gasteiger partial charge in [0.2, 0.25) is 0 Å². The van der Waals surface area contributed by atoms with Gasteiger partial charge in [0.05, 0.1) is 6.10 Å². The molecule has 0 aliphatic rings. The second-order valence-electron chi connectivity index (χ2n) is 14.0. The number of aliphatic hydroxyl groups is 2. The van der Waals surface area contributed by atoms with Crippen LogP contribution < -0.4 is 21.2 Å². The van der Waals surface area contributed by atoms with Gasteiger partial charge in [-0.25, -0.2) is 0 Å². The van der Waals surface area contributed by atoms with Crippen LogP contribution in [0.25, 0.3) is 0 Å². The standard InChI is InChI=1S/C47H64O2P2/c1-11-33-19-23-41(27-37(33)15-5)50(42-24-20-34(12-2)38(16-6)28-42)31-45(48)46(49)47(32(9)10)51(43-25-21-35(13-3)39(17-7)29-43)44-26-22-36(14-4)40(18-8)30-44/h19-30,45-46,48-49H,11-18,31H2,1-10H3. The van der Waals surface area contributed by atoms with Crippen LogP contribution in [-0.2, 0) is 51.4 Å². The summed E-state index contributed by atoms with van der Waals surface area (Å²) in [4.78, 5) is 0. The van der Waals surface area contributed by atoms with Gasteiger partial charge in [-0.1, -0.05) is 134 Å². The van der Waals surface area contributed by atoms with Gasteiger partial charge in [-0.2, -0.15) is 0 Å². The minimum absolute atomic E-state index is 0.504. The van der Waals surface area contributed by atoms with Crippen molar-refractivity contribution in [3.63, 3.8) is 0 Å². The molecule has 4 aromatic carbocycles. The second-order valence-corrected chi connectivity index (χ2v) is 18.4. The monoisotopic (exact) mass is 722 g/mol. The molecule has 0 spiro atoms. The summed E-state index contributed by atoms with van der Waals surface area (Å²) >= 11 is 0. The molecule has 2 nitrogen and oxygen atoms in total. The molecular weight excluding hydrogens is 658 g/mol. The second kappa shape index (κ2) is 19.5. The summed E-state index contributed by atoms with van der Waals surface area (Å²) in [6.45, 7) is 22.1. The molecule has 0 fully saturated rings. The first kappa shape index (κ1) is 41.2. The Morgan fingerprint density at radius 2 is 0.745 bits per heavy atom. The van der Waals surface area contributed by atoms with Crippen molar-refractivity contribution in [1.82, 2.24) is 0 Å². The first-order chi connectivity index (χ1) is 24.6. The maximum absolute atomic E-state index is 12.5. The molecule has 0 saturated heterocycles. The largest absolute Gasteiger partial charge is 0.390 e. The van der Waals surface area contributed by atoms with Crippen molar-refractivity contribution in [2.75, 3.05) is 6.16 Å². The zero-order valence-corrected chi connectivity index (χ0v) is 35.0. The van der Waals surface area contributed by atoms with Gasteiger partial charge in [0.25, 0.3) is 0 Å². The zero-order valence-electron chi connectivity index (χ0n) is 33.2. The van der Waals surface area contributed by atoms with Gasteiger partial charge in [-0.15, -0.1) is 0 Å². The molecule has 0 bridgehead atoms. The van der Waals surface area contributed by atoms with E-state index in [4.69, 9.17) is 0 Å². The van der Waals surface area contributed by atoms with Crippen LogP contribution in [0.1, 0.15) is 114 Å². The van der Waals surface area contributed by atoms with E-state index >= 15 is 0 Å². The molecule has 0 radical (unpaired) electrons. The molecule has 0 aliphatic heterocycles. The Kier molecular flexibility index (Phi) is 15.7. The van der Waals surface area contributed by atoms with Crippen LogP contribution in [0.4, 0.5) is 0 Å². The summed E-state index contributed by atoms with van der Waals surface area (Å²) in [5.74, 6) is 0. The molecule has 2 unspecified atom stereocenters. The molecule has 4 heteroatoms.